The van der Waals surface area contributed by atoms with Crippen molar-refractivity contribution in [1.82, 2.24) is 0 Å². The molecule has 0 amide bonds. The van der Waals surface area contributed by atoms with Crippen LogP contribution in [0.1, 0.15) is 18.1 Å². The van der Waals surface area contributed by atoms with Crippen molar-refractivity contribution in [3.05, 3.63) is 29.1 Å². The molecule has 1 aromatic carbocycles. The molecule has 0 atom stereocenters. The van der Waals surface area contributed by atoms with Crippen molar-refractivity contribution in [2.45, 2.75) is 18.7 Å². The Labute approximate surface area is 85.7 Å². The summed E-state index contributed by atoms with van der Waals surface area (Å²) >= 11 is 1.01. The summed E-state index contributed by atoms with van der Waals surface area (Å²) < 4.78 is 13.1. The molecule has 0 aliphatic rings. The van der Waals surface area contributed by atoms with Crippen LogP contribution in [0.4, 0.5) is 4.39 Å². The van der Waals surface area contributed by atoms with Crippen molar-refractivity contribution in [2.24, 2.45) is 0 Å². The van der Waals surface area contributed by atoms with Crippen molar-refractivity contribution in [3.8, 4) is 6.07 Å². The largest absolute Gasteiger partial charge is 0.287 e. The maximum Gasteiger partial charge on any atom is 0.190 e. The quantitative estimate of drug-likeness (QED) is 0.667. The molecule has 72 valence electrons. The van der Waals surface area contributed by atoms with Gasteiger partial charge >= 0.3 is 0 Å². The van der Waals surface area contributed by atoms with Gasteiger partial charge in [-0.05, 0) is 24.6 Å². The van der Waals surface area contributed by atoms with Crippen LogP contribution in [0.15, 0.2) is 17.0 Å². The van der Waals surface area contributed by atoms with Crippen molar-refractivity contribution >= 4 is 16.9 Å². The molecule has 14 heavy (non-hydrogen) atoms. The normalized spacial score (nSPS) is 9.57. The number of hydrogen-bond donors (Lipinski definition) is 0. The summed E-state index contributed by atoms with van der Waals surface area (Å²) in [6.07, 6.45) is 0. The van der Waals surface area contributed by atoms with Crippen molar-refractivity contribution < 1.29 is 9.18 Å². The smallest absolute Gasteiger partial charge is 0.190 e. The lowest BCUT2D eigenvalue weighted by atomic mass is 10.1. The van der Waals surface area contributed by atoms with Gasteiger partial charge in [0.05, 0.1) is 5.56 Å². The lowest BCUT2D eigenvalue weighted by molar-refractivity contribution is -0.109. The molecule has 0 bridgehead atoms. The van der Waals surface area contributed by atoms with E-state index in [0.29, 0.717) is 10.5 Å². The van der Waals surface area contributed by atoms with Crippen LogP contribution in [0.2, 0.25) is 0 Å². The number of rotatable bonds is 1. The van der Waals surface area contributed by atoms with Crippen molar-refractivity contribution in [3.63, 3.8) is 0 Å². The number of thioether (sulfide) groups is 1. The summed E-state index contributed by atoms with van der Waals surface area (Å²) in [6.45, 7) is 3.06. The van der Waals surface area contributed by atoms with Gasteiger partial charge in [-0.3, -0.25) is 4.79 Å². The highest BCUT2D eigenvalue weighted by Gasteiger charge is 2.10. The monoisotopic (exact) mass is 209 g/mol. The molecule has 2 nitrogen and oxygen atoms in total. The maximum absolute atomic E-state index is 13.1. The predicted molar refractivity (Wildman–Crippen MR) is 52.4 cm³/mol. The Balaban J connectivity index is 3.23. The summed E-state index contributed by atoms with van der Waals surface area (Å²) in [4.78, 5) is 11.5. The number of nitriles is 1. The maximum atomic E-state index is 13.1. The minimum atomic E-state index is -0.544. The molecule has 0 aliphatic heterocycles. The first-order chi connectivity index (χ1) is 6.56. The van der Waals surface area contributed by atoms with Crippen LogP contribution in [-0.2, 0) is 4.79 Å². The Morgan fingerprint density at radius 1 is 1.57 bits per heavy atom. The Morgan fingerprint density at radius 2 is 2.21 bits per heavy atom. The molecule has 0 saturated heterocycles. The summed E-state index contributed by atoms with van der Waals surface area (Å²) in [5, 5.41) is 8.59. The first-order valence-electron chi connectivity index (χ1n) is 3.94. The molecule has 0 saturated carbocycles. The summed E-state index contributed by atoms with van der Waals surface area (Å²) in [5.41, 5.74) is 0.531. The Morgan fingerprint density at radius 3 is 2.71 bits per heavy atom. The van der Waals surface area contributed by atoms with E-state index < -0.39 is 5.82 Å². The highest BCUT2D eigenvalue weighted by atomic mass is 32.2. The summed E-state index contributed by atoms with van der Waals surface area (Å²) in [5.74, 6) is -0.544. The van der Waals surface area contributed by atoms with Gasteiger partial charge in [-0.1, -0.05) is 11.8 Å². The van der Waals surface area contributed by atoms with E-state index in [0.717, 1.165) is 11.8 Å². The lowest BCUT2D eigenvalue weighted by Gasteiger charge is -2.04. The second-order valence-electron chi connectivity index (χ2n) is 2.75. The second kappa shape index (κ2) is 4.25. The number of hydrogen-bond acceptors (Lipinski definition) is 3. The molecule has 1 aromatic rings. The zero-order chi connectivity index (χ0) is 10.7. The Kier molecular flexibility index (Phi) is 3.26. The third-order valence-electron chi connectivity index (χ3n) is 1.73. The molecule has 0 radical (unpaired) electrons. The number of carbonyl (C=O) groups excluding carboxylic acids is 1. The van der Waals surface area contributed by atoms with Gasteiger partial charge in [0.15, 0.2) is 5.12 Å². The minimum absolute atomic E-state index is 0.0104. The third-order valence-corrected chi connectivity index (χ3v) is 2.68. The molecule has 0 aromatic heterocycles. The van der Waals surface area contributed by atoms with Gasteiger partial charge in [0.1, 0.15) is 11.9 Å². The van der Waals surface area contributed by atoms with E-state index in [4.69, 9.17) is 5.26 Å². The van der Waals surface area contributed by atoms with Crippen molar-refractivity contribution in [1.29, 1.82) is 5.26 Å². The molecule has 4 heteroatoms. The van der Waals surface area contributed by atoms with Crippen LogP contribution in [0.5, 0.6) is 0 Å². The van der Waals surface area contributed by atoms with Crippen LogP contribution in [-0.4, -0.2) is 5.12 Å². The van der Waals surface area contributed by atoms with E-state index >= 15 is 0 Å². The standard InChI is InChI=1S/C10H8FNOS/c1-6-8(5-12)9(11)3-4-10(6)14-7(2)13/h3-4H,1-2H3. The van der Waals surface area contributed by atoms with Crippen LogP contribution in [0.25, 0.3) is 0 Å². The van der Waals surface area contributed by atoms with Gasteiger partial charge in [0.25, 0.3) is 0 Å². The topological polar surface area (TPSA) is 40.9 Å². The van der Waals surface area contributed by atoms with Gasteiger partial charge < -0.3 is 0 Å². The van der Waals surface area contributed by atoms with E-state index in [-0.39, 0.29) is 10.7 Å². The fraction of sp³-hybridized carbons (Fsp3) is 0.200. The molecule has 1 rings (SSSR count). The Hall–Kier alpha value is -1.34. The predicted octanol–water partition coefficient (Wildman–Crippen LogP) is 2.64. The molecule has 0 fully saturated rings. The second-order valence-corrected chi connectivity index (χ2v) is 3.97. The molecule has 0 heterocycles. The van der Waals surface area contributed by atoms with Crippen molar-refractivity contribution in [2.75, 3.05) is 0 Å². The first kappa shape index (κ1) is 10.7. The minimum Gasteiger partial charge on any atom is -0.287 e. The molecular formula is C10H8FNOS. The molecule has 0 unspecified atom stereocenters. The summed E-state index contributed by atoms with van der Waals surface area (Å²) in [7, 11) is 0. The van der Waals surface area contributed by atoms with E-state index in [1.165, 1.54) is 19.1 Å². The van der Waals surface area contributed by atoms with Gasteiger partial charge in [-0.25, -0.2) is 4.39 Å². The van der Waals surface area contributed by atoms with Crippen LogP contribution in [0, 0.1) is 24.1 Å². The van der Waals surface area contributed by atoms with E-state index in [1.54, 1.807) is 13.0 Å². The SMILES string of the molecule is CC(=O)Sc1ccc(F)c(C#N)c1C. The number of benzene rings is 1. The van der Waals surface area contributed by atoms with Crippen LogP contribution in [0.3, 0.4) is 0 Å². The average molecular weight is 209 g/mol. The number of halogens is 1. The number of nitrogens with zero attached hydrogens (tertiary/aromatic N) is 1. The zero-order valence-corrected chi connectivity index (χ0v) is 8.61. The third kappa shape index (κ3) is 2.12. The van der Waals surface area contributed by atoms with Gasteiger partial charge in [0.2, 0.25) is 0 Å². The molecule has 0 spiro atoms. The highest BCUT2D eigenvalue weighted by molar-refractivity contribution is 8.13. The summed E-state index contributed by atoms with van der Waals surface area (Å²) in [6, 6.07) is 4.49. The van der Waals surface area contributed by atoms with Crippen LogP contribution >= 0.6 is 11.8 Å². The fourth-order valence-corrected chi connectivity index (χ4v) is 1.76. The van der Waals surface area contributed by atoms with Crippen LogP contribution < -0.4 is 0 Å². The van der Waals surface area contributed by atoms with Gasteiger partial charge in [-0.15, -0.1) is 0 Å². The molecular weight excluding hydrogens is 201 g/mol. The van der Waals surface area contributed by atoms with Gasteiger partial charge in [-0.2, -0.15) is 5.26 Å². The fourth-order valence-electron chi connectivity index (χ4n) is 1.06. The zero-order valence-electron chi connectivity index (χ0n) is 7.80. The number of carbonyl (C=O) groups is 1. The average Bonchev–Trinajstić information content (AvgIpc) is 2.10. The molecule has 0 N–H and O–H groups in total. The molecule has 0 aliphatic carbocycles. The van der Waals surface area contributed by atoms with E-state index in [2.05, 4.69) is 0 Å². The first-order valence-corrected chi connectivity index (χ1v) is 4.75. The van der Waals surface area contributed by atoms with E-state index in [9.17, 15) is 9.18 Å². The highest BCUT2D eigenvalue weighted by Crippen LogP contribution is 2.26. The van der Waals surface area contributed by atoms with E-state index in [1.807, 2.05) is 0 Å². The van der Waals surface area contributed by atoms with Gasteiger partial charge in [0, 0.05) is 11.8 Å². The Bertz CT molecular complexity index is 423. The lowest BCUT2D eigenvalue weighted by Crippen LogP contribution is -1.93.